The van der Waals surface area contributed by atoms with Gasteiger partial charge in [-0.1, -0.05) is 22.0 Å². The average molecular weight is 408 g/mol. The summed E-state index contributed by atoms with van der Waals surface area (Å²) >= 11 is 3.36. The van der Waals surface area contributed by atoms with Crippen LogP contribution in [0.25, 0.3) is 0 Å². The molecule has 132 valence electrons. The molecule has 0 aromatic heterocycles. The number of nitrogens with one attached hydrogen (secondary N) is 1. The number of halogens is 1. The van der Waals surface area contributed by atoms with Crippen molar-refractivity contribution in [1.82, 2.24) is 0 Å². The molecule has 0 atom stereocenters. The maximum Gasteiger partial charge on any atom is 0.346 e. The van der Waals surface area contributed by atoms with Crippen LogP contribution < -0.4 is 14.8 Å². The number of carbonyl (C=O) groups excluding carboxylic acids is 2. The first-order chi connectivity index (χ1) is 12.0. The number of benzene rings is 2. The SMILES string of the molecule is COc1cccc(OC)c1C(=O)OCC(=O)Nc1ccc(Br)cc1C. The van der Waals surface area contributed by atoms with E-state index in [-0.39, 0.29) is 5.56 Å². The lowest BCUT2D eigenvalue weighted by Crippen LogP contribution is -2.21. The summed E-state index contributed by atoms with van der Waals surface area (Å²) in [5.41, 5.74) is 1.68. The number of ether oxygens (including phenoxy) is 3. The molecule has 25 heavy (non-hydrogen) atoms. The fourth-order valence-corrected chi connectivity index (χ4v) is 2.68. The van der Waals surface area contributed by atoms with E-state index in [2.05, 4.69) is 21.2 Å². The van der Waals surface area contributed by atoms with Gasteiger partial charge in [0.1, 0.15) is 17.1 Å². The molecule has 0 fully saturated rings. The first-order valence-corrected chi connectivity index (χ1v) is 8.19. The second-order valence-electron chi connectivity index (χ2n) is 5.12. The van der Waals surface area contributed by atoms with Crippen molar-refractivity contribution in [2.24, 2.45) is 0 Å². The Labute approximate surface area is 154 Å². The Kier molecular flexibility index (Phi) is 6.41. The highest BCUT2D eigenvalue weighted by molar-refractivity contribution is 9.10. The zero-order valence-corrected chi connectivity index (χ0v) is 15.7. The highest BCUT2D eigenvalue weighted by Gasteiger charge is 2.20. The third-order valence-electron chi connectivity index (χ3n) is 3.43. The molecule has 1 amide bonds. The zero-order valence-electron chi connectivity index (χ0n) is 14.1. The number of carbonyl (C=O) groups is 2. The van der Waals surface area contributed by atoms with Crippen LogP contribution in [0.5, 0.6) is 11.5 Å². The fourth-order valence-electron chi connectivity index (χ4n) is 2.21. The molecule has 0 spiro atoms. The molecule has 0 bridgehead atoms. The van der Waals surface area contributed by atoms with Crippen LogP contribution in [-0.4, -0.2) is 32.7 Å². The lowest BCUT2D eigenvalue weighted by atomic mass is 10.2. The summed E-state index contributed by atoms with van der Waals surface area (Å²) in [5, 5.41) is 2.70. The molecule has 7 heteroatoms. The first kappa shape index (κ1) is 18.8. The minimum absolute atomic E-state index is 0.139. The predicted octanol–water partition coefficient (Wildman–Crippen LogP) is 3.57. The summed E-state index contributed by atoms with van der Waals surface area (Å²) in [4.78, 5) is 24.3. The molecule has 1 N–H and O–H groups in total. The van der Waals surface area contributed by atoms with Crippen molar-refractivity contribution >= 4 is 33.5 Å². The van der Waals surface area contributed by atoms with Gasteiger partial charge in [-0.25, -0.2) is 4.79 Å². The van der Waals surface area contributed by atoms with Gasteiger partial charge >= 0.3 is 5.97 Å². The lowest BCUT2D eigenvalue weighted by molar-refractivity contribution is -0.119. The van der Waals surface area contributed by atoms with Crippen LogP contribution in [0.15, 0.2) is 40.9 Å². The fraction of sp³-hybridized carbons (Fsp3) is 0.222. The molecule has 2 rings (SSSR count). The third-order valence-corrected chi connectivity index (χ3v) is 3.92. The van der Waals surface area contributed by atoms with E-state index in [9.17, 15) is 9.59 Å². The monoisotopic (exact) mass is 407 g/mol. The number of methoxy groups -OCH3 is 2. The van der Waals surface area contributed by atoms with E-state index >= 15 is 0 Å². The number of amides is 1. The molecule has 0 radical (unpaired) electrons. The number of anilines is 1. The minimum atomic E-state index is -0.697. The van der Waals surface area contributed by atoms with Gasteiger partial charge < -0.3 is 19.5 Å². The first-order valence-electron chi connectivity index (χ1n) is 7.40. The van der Waals surface area contributed by atoms with E-state index in [4.69, 9.17) is 14.2 Å². The van der Waals surface area contributed by atoms with E-state index in [0.29, 0.717) is 17.2 Å². The highest BCUT2D eigenvalue weighted by atomic mass is 79.9. The van der Waals surface area contributed by atoms with E-state index in [1.165, 1.54) is 14.2 Å². The van der Waals surface area contributed by atoms with Crippen molar-refractivity contribution in [1.29, 1.82) is 0 Å². The van der Waals surface area contributed by atoms with Crippen LogP contribution in [0.2, 0.25) is 0 Å². The Hall–Kier alpha value is -2.54. The minimum Gasteiger partial charge on any atom is -0.496 e. The molecule has 0 heterocycles. The molecular formula is C18H18BrNO5. The van der Waals surface area contributed by atoms with Crippen LogP contribution >= 0.6 is 15.9 Å². The summed E-state index contributed by atoms with van der Waals surface area (Å²) in [6.07, 6.45) is 0. The van der Waals surface area contributed by atoms with Gasteiger partial charge in [-0.2, -0.15) is 0 Å². The van der Waals surface area contributed by atoms with E-state index in [0.717, 1.165) is 10.0 Å². The maximum absolute atomic E-state index is 12.3. The normalized spacial score (nSPS) is 10.1. The molecule has 2 aromatic carbocycles. The van der Waals surface area contributed by atoms with E-state index in [1.54, 1.807) is 24.3 Å². The number of aryl methyl sites for hydroxylation is 1. The van der Waals surface area contributed by atoms with E-state index < -0.39 is 18.5 Å². The Bertz CT molecular complexity index is 769. The van der Waals surface area contributed by atoms with Crippen LogP contribution in [0.3, 0.4) is 0 Å². The van der Waals surface area contributed by atoms with E-state index in [1.807, 2.05) is 19.1 Å². The zero-order chi connectivity index (χ0) is 18.4. The summed E-state index contributed by atoms with van der Waals surface area (Å²) in [6.45, 7) is 1.45. The second-order valence-corrected chi connectivity index (χ2v) is 6.04. The number of esters is 1. The van der Waals surface area contributed by atoms with Gasteiger partial charge in [0, 0.05) is 10.2 Å². The van der Waals surface area contributed by atoms with Crippen molar-refractivity contribution in [3.63, 3.8) is 0 Å². The molecule has 0 aliphatic rings. The summed E-state index contributed by atoms with van der Waals surface area (Å²) < 4.78 is 16.3. The number of hydrogen-bond acceptors (Lipinski definition) is 5. The summed E-state index contributed by atoms with van der Waals surface area (Å²) in [6, 6.07) is 10.4. The summed E-state index contributed by atoms with van der Waals surface area (Å²) in [5.74, 6) is -0.508. The molecule has 0 saturated carbocycles. The second kappa shape index (κ2) is 8.53. The molecule has 0 aliphatic carbocycles. The van der Waals surface area contributed by atoms with Crippen LogP contribution in [0.4, 0.5) is 5.69 Å². The number of rotatable bonds is 6. The van der Waals surface area contributed by atoms with Gasteiger partial charge in [0.2, 0.25) is 0 Å². The van der Waals surface area contributed by atoms with Gasteiger partial charge in [0.05, 0.1) is 14.2 Å². The Balaban J connectivity index is 2.04. The maximum atomic E-state index is 12.3. The predicted molar refractivity (Wildman–Crippen MR) is 97.3 cm³/mol. The molecule has 0 saturated heterocycles. The van der Waals surface area contributed by atoms with Crippen molar-refractivity contribution < 1.29 is 23.8 Å². The van der Waals surface area contributed by atoms with Crippen molar-refractivity contribution in [2.45, 2.75) is 6.92 Å². The van der Waals surface area contributed by atoms with Crippen molar-refractivity contribution in [2.75, 3.05) is 26.1 Å². The van der Waals surface area contributed by atoms with Gasteiger partial charge in [0.25, 0.3) is 5.91 Å². The van der Waals surface area contributed by atoms with Crippen LogP contribution in [0.1, 0.15) is 15.9 Å². The van der Waals surface area contributed by atoms with Gasteiger partial charge in [0.15, 0.2) is 6.61 Å². The Morgan fingerprint density at radius 1 is 1.08 bits per heavy atom. The van der Waals surface area contributed by atoms with Crippen LogP contribution in [-0.2, 0) is 9.53 Å². The number of hydrogen-bond donors (Lipinski definition) is 1. The molecule has 0 unspecified atom stereocenters. The standard InChI is InChI=1S/C18H18BrNO5/c1-11-9-12(19)7-8-13(11)20-16(21)10-25-18(22)17-14(23-2)5-4-6-15(17)24-3/h4-9H,10H2,1-3H3,(H,20,21). The Morgan fingerprint density at radius 3 is 2.28 bits per heavy atom. The lowest BCUT2D eigenvalue weighted by Gasteiger charge is -2.13. The average Bonchev–Trinajstić information content (AvgIpc) is 2.61. The smallest absolute Gasteiger partial charge is 0.346 e. The highest BCUT2D eigenvalue weighted by Crippen LogP contribution is 2.28. The molecular weight excluding hydrogens is 390 g/mol. The Morgan fingerprint density at radius 2 is 1.72 bits per heavy atom. The van der Waals surface area contributed by atoms with Crippen molar-refractivity contribution in [3.05, 3.63) is 52.0 Å². The quantitative estimate of drug-likeness (QED) is 0.740. The van der Waals surface area contributed by atoms with Gasteiger partial charge in [-0.15, -0.1) is 0 Å². The topological polar surface area (TPSA) is 73.9 Å². The summed E-state index contributed by atoms with van der Waals surface area (Å²) in [7, 11) is 2.88. The molecule has 2 aromatic rings. The molecule has 6 nitrogen and oxygen atoms in total. The largest absolute Gasteiger partial charge is 0.496 e. The molecule has 0 aliphatic heterocycles. The van der Waals surface area contributed by atoms with Gasteiger partial charge in [-0.3, -0.25) is 4.79 Å². The van der Waals surface area contributed by atoms with Crippen molar-refractivity contribution in [3.8, 4) is 11.5 Å². The third kappa shape index (κ3) is 4.73. The van der Waals surface area contributed by atoms with Gasteiger partial charge in [-0.05, 0) is 42.8 Å². The van der Waals surface area contributed by atoms with Crippen LogP contribution in [0, 0.1) is 6.92 Å².